The first-order valence-corrected chi connectivity index (χ1v) is 7.33. The van der Waals surface area contributed by atoms with E-state index in [9.17, 15) is 8.42 Å². The van der Waals surface area contributed by atoms with Crippen molar-refractivity contribution in [3.63, 3.8) is 0 Å². The van der Waals surface area contributed by atoms with E-state index in [1.54, 1.807) is 18.5 Å². The Morgan fingerprint density at radius 2 is 2.24 bits per heavy atom. The molecule has 0 fully saturated rings. The minimum absolute atomic E-state index is 0.243. The van der Waals surface area contributed by atoms with E-state index in [2.05, 4.69) is 14.9 Å². The van der Waals surface area contributed by atoms with Crippen molar-refractivity contribution in [2.24, 2.45) is 0 Å². The molecule has 0 aromatic carbocycles. The van der Waals surface area contributed by atoms with Gasteiger partial charge in [0.25, 0.3) is 0 Å². The molecule has 7 heteroatoms. The molecule has 0 unspecified atom stereocenters. The maximum atomic E-state index is 12.0. The van der Waals surface area contributed by atoms with Crippen LogP contribution in [0.15, 0.2) is 23.4 Å². The largest absolute Gasteiger partial charge is 0.285 e. The van der Waals surface area contributed by atoms with E-state index in [0.29, 0.717) is 4.90 Å². The minimum Gasteiger partial charge on any atom is -0.285 e. The summed E-state index contributed by atoms with van der Waals surface area (Å²) in [6, 6.07) is 1.69. The maximum Gasteiger partial charge on any atom is 0.241 e. The summed E-state index contributed by atoms with van der Waals surface area (Å²) in [6.07, 6.45) is 3.25. The van der Waals surface area contributed by atoms with Gasteiger partial charge >= 0.3 is 0 Å². The molecule has 0 saturated carbocycles. The first kappa shape index (κ1) is 12.3. The van der Waals surface area contributed by atoms with Crippen LogP contribution in [0.2, 0.25) is 0 Å². The van der Waals surface area contributed by atoms with Gasteiger partial charge in [0.2, 0.25) is 10.0 Å². The Kier molecular flexibility index (Phi) is 3.32. The summed E-state index contributed by atoms with van der Waals surface area (Å²) in [6.45, 7) is 3.95. The van der Waals surface area contributed by atoms with E-state index >= 15 is 0 Å². The van der Waals surface area contributed by atoms with Gasteiger partial charge in [-0.3, -0.25) is 5.10 Å². The molecular weight excluding hydrogens is 258 g/mol. The van der Waals surface area contributed by atoms with Crippen molar-refractivity contribution >= 4 is 21.4 Å². The van der Waals surface area contributed by atoms with Gasteiger partial charge in [-0.2, -0.15) is 5.10 Å². The number of aromatic amines is 1. The van der Waals surface area contributed by atoms with E-state index in [4.69, 9.17) is 0 Å². The van der Waals surface area contributed by atoms with Gasteiger partial charge in [0, 0.05) is 28.1 Å². The number of H-pyrrole nitrogens is 1. The molecule has 0 radical (unpaired) electrons. The van der Waals surface area contributed by atoms with E-state index in [0.717, 1.165) is 15.3 Å². The van der Waals surface area contributed by atoms with E-state index in [-0.39, 0.29) is 6.54 Å². The number of thiophene rings is 1. The Bertz CT molecular complexity index is 600. The van der Waals surface area contributed by atoms with Crippen LogP contribution < -0.4 is 4.72 Å². The third-order valence-electron chi connectivity index (χ3n) is 2.31. The van der Waals surface area contributed by atoms with Crippen LogP contribution in [0.3, 0.4) is 0 Å². The van der Waals surface area contributed by atoms with E-state index in [1.165, 1.54) is 11.3 Å². The molecule has 2 N–H and O–H groups in total. The normalized spacial score (nSPS) is 11.9. The lowest BCUT2D eigenvalue weighted by atomic mass is 10.4. The predicted octanol–water partition coefficient (Wildman–Crippen LogP) is 1.57. The molecule has 0 atom stereocenters. The number of nitrogens with zero attached hydrogens (tertiary/aromatic N) is 1. The molecule has 5 nitrogen and oxygen atoms in total. The summed E-state index contributed by atoms with van der Waals surface area (Å²) < 4.78 is 26.6. The fourth-order valence-electron chi connectivity index (χ4n) is 1.50. The monoisotopic (exact) mass is 271 g/mol. The lowest BCUT2D eigenvalue weighted by Gasteiger charge is -2.04. The van der Waals surface area contributed by atoms with Crippen molar-refractivity contribution in [3.8, 4) is 0 Å². The second kappa shape index (κ2) is 4.59. The predicted molar refractivity (Wildman–Crippen MR) is 66.4 cm³/mol. The zero-order chi connectivity index (χ0) is 12.5. The number of hydrogen-bond donors (Lipinski definition) is 2. The molecule has 0 aliphatic carbocycles. The van der Waals surface area contributed by atoms with Crippen molar-refractivity contribution in [2.45, 2.75) is 25.3 Å². The number of nitrogens with one attached hydrogen (secondary N) is 2. The van der Waals surface area contributed by atoms with Crippen LogP contribution in [-0.4, -0.2) is 18.6 Å². The van der Waals surface area contributed by atoms with Crippen LogP contribution in [0.1, 0.15) is 15.3 Å². The third-order valence-corrected chi connectivity index (χ3v) is 4.93. The highest BCUT2D eigenvalue weighted by molar-refractivity contribution is 7.89. The molecule has 0 saturated heterocycles. The molecule has 92 valence electrons. The average Bonchev–Trinajstić information content (AvgIpc) is 2.85. The summed E-state index contributed by atoms with van der Waals surface area (Å²) in [7, 11) is -3.43. The van der Waals surface area contributed by atoms with Crippen LogP contribution in [-0.2, 0) is 16.6 Å². The first-order valence-electron chi connectivity index (χ1n) is 5.03. The Morgan fingerprint density at radius 3 is 2.76 bits per heavy atom. The molecule has 0 amide bonds. The fourth-order valence-corrected chi connectivity index (χ4v) is 4.08. The maximum absolute atomic E-state index is 12.0. The molecule has 0 aliphatic rings. The van der Waals surface area contributed by atoms with Gasteiger partial charge in [-0.05, 0) is 19.9 Å². The molecular formula is C10H13N3O2S2. The Labute approximate surface area is 104 Å². The number of rotatable bonds is 4. The van der Waals surface area contributed by atoms with Crippen molar-refractivity contribution in [3.05, 3.63) is 33.8 Å². The molecule has 2 heterocycles. The first-order chi connectivity index (χ1) is 7.99. The average molecular weight is 271 g/mol. The summed E-state index contributed by atoms with van der Waals surface area (Å²) in [5.41, 5.74) is 0.804. The Balaban J connectivity index is 2.17. The zero-order valence-corrected chi connectivity index (χ0v) is 11.2. The smallest absolute Gasteiger partial charge is 0.241 e. The van der Waals surface area contributed by atoms with Gasteiger partial charge in [-0.25, -0.2) is 13.1 Å². The second-order valence-corrected chi connectivity index (χ2v) is 6.90. The number of sulfonamides is 1. The second-order valence-electron chi connectivity index (χ2n) is 3.71. The van der Waals surface area contributed by atoms with Crippen LogP contribution in [0, 0.1) is 13.8 Å². The quantitative estimate of drug-likeness (QED) is 0.886. The van der Waals surface area contributed by atoms with Crippen molar-refractivity contribution in [2.75, 3.05) is 0 Å². The molecule has 0 aliphatic heterocycles. The Hall–Kier alpha value is -1.18. The molecule has 17 heavy (non-hydrogen) atoms. The van der Waals surface area contributed by atoms with Crippen LogP contribution in [0.25, 0.3) is 0 Å². The molecule has 2 rings (SSSR count). The molecule has 2 aromatic heterocycles. The fraction of sp³-hybridized carbons (Fsp3) is 0.300. The topological polar surface area (TPSA) is 74.8 Å². The molecule has 2 aromatic rings. The molecule has 0 spiro atoms. The van der Waals surface area contributed by atoms with Gasteiger partial charge in [-0.15, -0.1) is 11.3 Å². The summed E-state index contributed by atoms with van der Waals surface area (Å²) in [5.74, 6) is 0. The highest BCUT2D eigenvalue weighted by Crippen LogP contribution is 2.24. The minimum atomic E-state index is -3.43. The lowest BCUT2D eigenvalue weighted by Crippen LogP contribution is -2.23. The number of aryl methyl sites for hydroxylation is 2. The highest BCUT2D eigenvalue weighted by atomic mass is 32.2. The van der Waals surface area contributed by atoms with Gasteiger partial charge in [0.05, 0.1) is 11.1 Å². The van der Waals surface area contributed by atoms with Crippen LogP contribution >= 0.6 is 11.3 Å². The van der Waals surface area contributed by atoms with Crippen molar-refractivity contribution in [1.82, 2.24) is 14.9 Å². The lowest BCUT2D eigenvalue weighted by molar-refractivity contribution is 0.581. The third kappa shape index (κ3) is 2.74. The van der Waals surface area contributed by atoms with Crippen LogP contribution in [0.4, 0.5) is 0 Å². The van der Waals surface area contributed by atoms with Gasteiger partial charge < -0.3 is 0 Å². The van der Waals surface area contributed by atoms with Crippen LogP contribution in [0.5, 0.6) is 0 Å². The van der Waals surface area contributed by atoms with E-state index < -0.39 is 10.0 Å². The number of aromatic nitrogens is 2. The molecule has 0 bridgehead atoms. The standard InChI is InChI=1S/C10H13N3O2S2/c1-7-3-10(8(2)16-7)17(14,15)13-6-9-4-11-12-5-9/h3-5,13H,6H2,1-2H3,(H,11,12). The zero-order valence-electron chi connectivity index (χ0n) is 9.52. The van der Waals surface area contributed by atoms with Gasteiger partial charge in [0.1, 0.15) is 0 Å². The summed E-state index contributed by atoms with van der Waals surface area (Å²) in [5, 5.41) is 6.40. The Morgan fingerprint density at radius 1 is 1.47 bits per heavy atom. The van der Waals surface area contributed by atoms with Gasteiger partial charge in [0.15, 0.2) is 0 Å². The van der Waals surface area contributed by atoms with Gasteiger partial charge in [-0.1, -0.05) is 0 Å². The van der Waals surface area contributed by atoms with Crippen molar-refractivity contribution < 1.29 is 8.42 Å². The van der Waals surface area contributed by atoms with Crippen molar-refractivity contribution in [1.29, 1.82) is 0 Å². The van der Waals surface area contributed by atoms with E-state index in [1.807, 2.05) is 13.8 Å². The highest BCUT2D eigenvalue weighted by Gasteiger charge is 2.18. The number of hydrogen-bond acceptors (Lipinski definition) is 4. The summed E-state index contributed by atoms with van der Waals surface area (Å²) in [4.78, 5) is 2.16. The SMILES string of the molecule is Cc1cc(S(=O)(=O)NCc2cn[nH]c2)c(C)s1. The summed E-state index contributed by atoms with van der Waals surface area (Å²) >= 11 is 1.48.